The Morgan fingerprint density at radius 3 is 2.88 bits per heavy atom. The largest absolute Gasteiger partial charge is 0.495 e. The number of hydrogen-bond donors (Lipinski definition) is 3. The first kappa shape index (κ1) is 12.7. The maximum absolute atomic E-state index is 11.6. The van der Waals surface area contributed by atoms with Crippen LogP contribution in [0.1, 0.15) is 0 Å². The van der Waals surface area contributed by atoms with Crippen LogP contribution in [0.4, 0.5) is 5.95 Å². The Balaban J connectivity index is 2.90. The SMILES string of the molecule is COCCNc1ncc(B(O)O)c(=O)n1C. The minimum atomic E-state index is -1.81. The van der Waals surface area contributed by atoms with Crippen molar-refractivity contribution in [3.05, 3.63) is 16.6 Å². The number of nitrogens with one attached hydrogen (secondary N) is 1. The molecule has 3 N–H and O–H groups in total. The molecule has 0 aliphatic rings. The van der Waals surface area contributed by atoms with Gasteiger partial charge in [-0.2, -0.15) is 0 Å². The average Bonchev–Trinajstić information content (AvgIpc) is 2.24. The average molecular weight is 227 g/mol. The van der Waals surface area contributed by atoms with Gasteiger partial charge >= 0.3 is 7.12 Å². The fourth-order valence-electron chi connectivity index (χ4n) is 1.17. The molecule has 16 heavy (non-hydrogen) atoms. The molecule has 0 saturated heterocycles. The van der Waals surface area contributed by atoms with Gasteiger partial charge in [0, 0.05) is 26.9 Å². The Morgan fingerprint density at radius 2 is 2.31 bits per heavy atom. The summed E-state index contributed by atoms with van der Waals surface area (Å²) in [6, 6.07) is 0. The van der Waals surface area contributed by atoms with Gasteiger partial charge in [0.25, 0.3) is 5.56 Å². The van der Waals surface area contributed by atoms with E-state index in [2.05, 4.69) is 10.3 Å². The molecular formula is C8H14BN3O4. The summed E-state index contributed by atoms with van der Waals surface area (Å²) in [5.74, 6) is 0.353. The fourth-order valence-corrected chi connectivity index (χ4v) is 1.17. The third kappa shape index (κ3) is 2.81. The smallest absolute Gasteiger partial charge is 0.423 e. The van der Waals surface area contributed by atoms with E-state index in [1.54, 1.807) is 7.11 Å². The Morgan fingerprint density at radius 1 is 1.62 bits per heavy atom. The Labute approximate surface area is 92.8 Å². The molecule has 1 aromatic heterocycles. The number of ether oxygens (including phenoxy) is 1. The maximum atomic E-state index is 11.6. The van der Waals surface area contributed by atoms with E-state index in [1.807, 2.05) is 0 Å². The summed E-state index contributed by atoms with van der Waals surface area (Å²) in [5, 5.41) is 20.7. The van der Waals surface area contributed by atoms with Crippen LogP contribution in [0, 0.1) is 0 Å². The minimum Gasteiger partial charge on any atom is -0.423 e. The van der Waals surface area contributed by atoms with Gasteiger partial charge in [0.1, 0.15) is 0 Å². The highest BCUT2D eigenvalue weighted by Gasteiger charge is 2.18. The zero-order valence-corrected chi connectivity index (χ0v) is 9.17. The molecule has 1 aromatic rings. The van der Waals surface area contributed by atoms with Crippen molar-refractivity contribution in [3.8, 4) is 0 Å². The van der Waals surface area contributed by atoms with E-state index in [9.17, 15) is 4.79 Å². The number of nitrogens with zero attached hydrogens (tertiary/aromatic N) is 2. The van der Waals surface area contributed by atoms with Gasteiger partial charge in [-0.15, -0.1) is 0 Å². The Bertz CT molecular complexity index is 407. The Hall–Kier alpha value is -1.38. The molecule has 0 aliphatic carbocycles. The van der Waals surface area contributed by atoms with Crippen molar-refractivity contribution in [2.45, 2.75) is 0 Å². The molecule has 1 heterocycles. The molecule has 0 radical (unpaired) electrons. The lowest BCUT2D eigenvalue weighted by molar-refractivity contribution is 0.210. The van der Waals surface area contributed by atoms with Gasteiger partial charge in [0.05, 0.1) is 12.1 Å². The molecular weight excluding hydrogens is 213 g/mol. The summed E-state index contributed by atoms with van der Waals surface area (Å²) in [6.07, 6.45) is 1.14. The van der Waals surface area contributed by atoms with Crippen molar-refractivity contribution >= 4 is 18.5 Å². The van der Waals surface area contributed by atoms with E-state index in [-0.39, 0.29) is 5.46 Å². The van der Waals surface area contributed by atoms with E-state index >= 15 is 0 Å². The highest BCUT2D eigenvalue weighted by Crippen LogP contribution is 1.94. The summed E-state index contributed by atoms with van der Waals surface area (Å²) < 4.78 is 6.05. The normalized spacial score (nSPS) is 10.2. The highest BCUT2D eigenvalue weighted by atomic mass is 16.5. The van der Waals surface area contributed by atoms with E-state index in [4.69, 9.17) is 14.8 Å². The first-order valence-corrected chi connectivity index (χ1v) is 4.72. The summed E-state index contributed by atoms with van der Waals surface area (Å²) in [6.45, 7) is 0.998. The van der Waals surface area contributed by atoms with E-state index in [0.29, 0.717) is 19.1 Å². The standard InChI is InChI=1S/C8H14BN3O4/c1-12-7(13)6(9(14)15)5-11-8(12)10-3-4-16-2/h5,14-15H,3-4H2,1-2H3,(H,10,11). The highest BCUT2D eigenvalue weighted by molar-refractivity contribution is 6.58. The predicted octanol–water partition coefficient (Wildman–Crippen LogP) is -2.48. The molecule has 0 amide bonds. The zero-order chi connectivity index (χ0) is 12.1. The van der Waals surface area contributed by atoms with Crippen molar-refractivity contribution < 1.29 is 14.8 Å². The molecule has 0 atom stereocenters. The van der Waals surface area contributed by atoms with Crippen LogP contribution in [-0.4, -0.2) is 47.0 Å². The number of rotatable bonds is 5. The summed E-state index contributed by atoms with van der Waals surface area (Å²) in [7, 11) is 1.26. The molecule has 0 unspecified atom stereocenters. The van der Waals surface area contributed by atoms with Crippen LogP contribution < -0.4 is 16.3 Å². The lowest BCUT2D eigenvalue weighted by Gasteiger charge is -2.10. The van der Waals surface area contributed by atoms with Crippen molar-refractivity contribution in [1.29, 1.82) is 0 Å². The van der Waals surface area contributed by atoms with E-state index in [1.165, 1.54) is 11.6 Å². The topological polar surface area (TPSA) is 96.6 Å². The number of methoxy groups -OCH3 is 1. The zero-order valence-electron chi connectivity index (χ0n) is 9.17. The first-order chi connectivity index (χ1) is 7.57. The minimum absolute atomic E-state index is 0.153. The predicted molar refractivity (Wildman–Crippen MR) is 59.7 cm³/mol. The third-order valence-electron chi connectivity index (χ3n) is 2.06. The van der Waals surface area contributed by atoms with Crippen LogP contribution in [0.5, 0.6) is 0 Å². The lowest BCUT2D eigenvalue weighted by atomic mass is 9.82. The van der Waals surface area contributed by atoms with Crippen molar-refractivity contribution in [1.82, 2.24) is 9.55 Å². The molecule has 0 spiro atoms. The maximum Gasteiger partial charge on any atom is 0.495 e. The molecule has 8 heteroatoms. The van der Waals surface area contributed by atoms with Gasteiger partial charge in [-0.3, -0.25) is 9.36 Å². The van der Waals surface area contributed by atoms with Crippen LogP contribution >= 0.6 is 0 Å². The summed E-state index contributed by atoms with van der Waals surface area (Å²) in [5.41, 5.74) is -0.648. The number of anilines is 1. The number of hydrogen-bond acceptors (Lipinski definition) is 6. The molecule has 7 nitrogen and oxygen atoms in total. The third-order valence-corrected chi connectivity index (χ3v) is 2.06. The molecule has 88 valence electrons. The van der Waals surface area contributed by atoms with E-state index < -0.39 is 12.7 Å². The van der Waals surface area contributed by atoms with Crippen LogP contribution in [0.2, 0.25) is 0 Å². The molecule has 0 aliphatic heterocycles. The fraction of sp³-hybridized carbons (Fsp3) is 0.500. The number of aromatic nitrogens is 2. The second-order valence-corrected chi connectivity index (χ2v) is 3.19. The second kappa shape index (κ2) is 5.64. The van der Waals surface area contributed by atoms with Crippen LogP contribution in [0.15, 0.2) is 11.0 Å². The van der Waals surface area contributed by atoms with Gasteiger partial charge in [-0.1, -0.05) is 0 Å². The Kier molecular flexibility index (Phi) is 4.47. The van der Waals surface area contributed by atoms with Crippen molar-refractivity contribution in [3.63, 3.8) is 0 Å². The second-order valence-electron chi connectivity index (χ2n) is 3.19. The van der Waals surface area contributed by atoms with Crippen molar-refractivity contribution in [2.75, 3.05) is 25.6 Å². The van der Waals surface area contributed by atoms with Gasteiger partial charge in [-0.05, 0) is 0 Å². The summed E-state index contributed by atoms with van der Waals surface area (Å²) in [4.78, 5) is 15.5. The van der Waals surface area contributed by atoms with Crippen molar-refractivity contribution in [2.24, 2.45) is 7.05 Å². The molecule has 0 saturated carbocycles. The van der Waals surface area contributed by atoms with Gasteiger partial charge in [-0.25, -0.2) is 4.98 Å². The first-order valence-electron chi connectivity index (χ1n) is 4.72. The molecule has 0 aromatic carbocycles. The molecule has 0 bridgehead atoms. The monoisotopic (exact) mass is 227 g/mol. The van der Waals surface area contributed by atoms with Gasteiger partial charge in [0.2, 0.25) is 5.95 Å². The molecule has 0 fully saturated rings. The lowest BCUT2D eigenvalue weighted by Crippen LogP contribution is -2.46. The van der Waals surface area contributed by atoms with Gasteiger partial charge < -0.3 is 20.1 Å². The van der Waals surface area contributed by atoms with Crippen LogP contribution in [0.25, 0.3) is 0 Å². The molecule has 1 rings (SSSR count). The van der Waals surface area contributed by atoms with Crippen LogP contribution in [0.3, 0.4) is 0 Å². The van der Waals surface area contributed by atoms with Gasteiger partial charge in [0.15, 0.2) is 0 Å². The van der Waals surface area contributed by atoms with E-state index in [0.717, 1.165) is 6.20 Å². The quantitative estimate of drug-likeness (QED) is 0.380. The van der Waals surface area contributed by atoms with Crippen LogP contribution in [-0.2, 0) is 11.8 Å². The summed E-state index contributed by atoms with van der Waals surface area (Å²) >= 11 is 0.